The Labute approximate surface area is 158 Å². The Morgan fingerprint density at radius 3 is 1.60 bits per heavy atom. The minimum absolute atomic E-state index is 0.155. The maximum absolute atomic E-state index is 3.59. The number of allylic oxidation sites excluding steroid dienone is 6. The quantitative estimate of drug-likeness (QED) is 0.383. The number of hydrogen-bond donors (Lipinski definition) is 0. The molecule has 0 aromatic rings. The lowest BCUT2D eigenvalue weighted by atomic mass is 9.98. The monoisotopic (exact) mass is 350 g/mol. The number of unbranched alkanes of at least 4 members (excludes halogenated alkanes) is 4. The zero-order valence-corrected chi connectivity index (χ0v) is 16.5. The average Bonchev–Trinajstić information content (AvgIpc) is 2.64. The minimum Gasteiger partial charge on any atom is -0.113 e. The van der Waals surface area contributed by atoms with Crippen molar-refractivity contribution in [1.82, 2.24) is 0 Å². The molecule has 0 spiro atoms. The Morgan fingerprint density at radius 2 is 1.24 bits per heavy atom. The summed E-state index contributed by atoms with van der Waals surface area (Å²) in [6.07, 6.45) is 26.2. The normalized spacial score (nSPS) is 26.6. The van der Waals surface area contributed by atoms with Crippen molar-refractivity contribution in [3.63, 3.8) is 0 Å². The largest absolute Gasteiger partial charge is 0.113 e. The van der Waals surface area contributed by atoms with Gasteiger partial charge >= 0.3 is 0 Å². The number of rotatable bonds is 6. The van der Waals surface area contributed by atoms with E-state index in [9.17, 15) is 0 Å². The second-order valence-electron chi connectivity index (χ2n) is 6.67. The van der Waals surface area contributed by atoms with Crippen LogP contribution in [0.15, 0.2) is 48.6 Å². The van der Waals surface area contributed by atoms with Crippen molar-refractivity contribution in [1.29, 1.82) is 0 Å². The Balaban J connectivity index is 2.22. The Bertz CT molecular complexity index is 598. The van der Waals surface area contributed by atoms with Gasteiger partial charge in [-0.1, -0.05) is 87.1 Å². The van der Waals surface area contributed by atoms with Crippen LogP contribution in [0.4, 0.5) is 0 Å². The van der Waals surface area contributed by atoms with Crippen LogP contribution in [0.1, 0.15) is 65.2 Å². The summed E-state index contributed by atoms with van der Waals surface area (Å²) in [6.45, 7) is 4.44. The summed E-state index contributed by atoms with van der Waals surface area (Å²) in [5.74, 6) is 14.1. The lowest BCUT2D eigenvalue weighted by Gasteiger charge is -2.35. The molecule has 0 fully saturated rings. The fourth-order valence-electron chi connectivity index (χ4n) is 2.87. The molecule has 2 aliphatic rings. The molecule has 0 aliphatic heterocycles. The molecule has 2 unspecified atom stereocenters. The van der Waals surface area contributed by atoms with Crippen LogP contribution in [-0.2, 0) is 0 Å². The van der Waals surface area contributed by atoms with Crippen LogP contribution in [0.5, 0.6) is 0 Å². The van der Waals surface area contributed by atoms with E-state index < -0.39 is 0 Å². The molecule has 2 aliphatic carbocycles. The van der Waals surface area contributed by atoms with Crippen LogP contribution in [0.25, 0.3) is 0 Å². The molecule has 0 heterocycles. The first-order valence-corrected chi connectivity index (χ1v) is 10.4. The van der Waals surface area contributed by atoms with Gasteiger partial charge in [0.2, 0.25) is 0 Å². The molecule has 0 N–H and O–H groups in total. The third-order valence-corrected chi connectivity index (χ3v) is 5.88. The van der Waals surface area contributed by atoms with E-state index in [1.54, 1.807) is 0 Å². The molecule has 0 nitrogen and oxygen atoms in total. The van der Waals surface area contributed by atoms with E-state index in [-0.39, 0.29) is 9.49 Å². The first-order chi connectivity index (χ1) is 12.2. The lowest BCUT2D eigenvalue weighted by molar-refractivity contribution is 0.818. The van der Waals surface area contributed by atoms with Crippen LogP contribution < -0.4 is 0 Å². The van der Waals surface area contributed by atoms with E-state index >= 15 is 0 Å². The maximum Gasteiger partial charge on any atom is 0.100 e. The fourth-order valence-corrected chi connectivity index (χ4v) is 4.42. The Kier molecular flexibility index (Phi) is 8.24. The highest BCUT2D eigenvalue weighted by atomic mass is 32.2. The van der Waals surface area contributed by atoms with Gasteiger partial charge in [0.1, 0.15) is 9.49 Å². The van der Waals surface area contributed by atoms with Gasteiger partial charge in [0.25, 0.3) is 0 Å². The third-order valence-electron chi connectivity index (χ3n) is 4.34. The number of hydrogen-bond acceptors (Lipinski definition) is 1. The van der Waals surface area contributed by atoms with Crippen molar-refractivity contribution in [2.24, 2.45) is 0 Å². The van der Waals surface area contributed by atoms with Gasteiger partial charge in [-0.3, -0.25) is 0 Å². The molecule has 0 aromatic heterocycles. The van der Waals surface area contributed by atoms with Crippen molar-refractivity contribution in [2.45, 2.75) is 74.7 Å². The molecule has 0 saturated carbocycles. The van der Waals surface area contributed by atoms with E-state index in [1.165, 1.54) is 25.7 Å². The summed E-state index contributed by atoms with van der Waals surface area (Å²) >= 11 is 1.93. The van der Waals surface area contributed by atoms with Gasteiger partial charge in [0, 0.05) is 12.8 Å². The summed E-state index contributed by atoms with van der Waals surface area (Å²) in [6, 6.07) is 0. The Morgan fingerprint density at radius 1 is 0.760 bits per heavy atom. The van der Waals surface area contributed by atoms with Crippen LogP contribution >= 0.6 is 11.8 Å². The summed E-state index contributed by atoms with van der Waals surface area (Å²) in [5.41, 5.74) is 0. The summed E-state index contributed by atoms with van der Waals surface area (Å²) in [4.78, 5) is 0. The van der Waals surface area contributed by atoms with Crippen LogP contribution in [0, 0.1) is 23.7 Å². The van der Waals surface area contributed by atoms with E-state index in [0.29, 0.717) is 0 Å². The zero-order chi connectivity index (χ0) is 17.8. The molecule has 0 amide bonds. The standard InChI is InChI=1S/C24H30S/c1-3-5-7-11-17-23(19-13-9-14-20-23)25-24(18-12-8-6-4-2)21-15-10-16-22-24/h9-10,13-16,19,21H,3-8,20,22H2,1-2H3. The van der Waals surface area contributed by atoms with Gasteiger partial charge in [-0.15, -0.1) is 23.6 Å². The molecule has 0 aromatic carbocycles. The van der Waals surface area contributed by atoms with E-state index in [2.05, 4.69) is 86.1 Å². The fraction of sp³-hybridized carbons (Fsp3) is 0.500. The molecule has 25 heavy (non-hydrogen) atoms. The minimum atomic E-state index is -0.155. The maximum atomic E-state index is 3.59. The van der Waals surface area contributed by atoms with Gasteiger partial charge in [0.15, 0.2) is 0 Å². The van der Waals surface area contributed by atoms with Gasteiger partial charge in [-0.25, -0.2) is 0 Å². The van der Waals surface area contributed by atoms with Crippen LogP contribution in [-0.4, -0.2) is 9.49 Å². The third kappa shape index (κ3) is 6.34. The van der Waals surface area contributed by atoms with Gasteiger partial charge in [0.05, 0.1) is 0 Å². The summed E-state index contributed by atoms with van der Waals surface area (Å²) < 4.78 is -0.311. The molecular formula is C24H30S. The van der Waals surface area contributed by atoms with Crippen molar-refractivity contribution in [2.75, 3.05) is 0 Å². The SMILES string of the molecule is CCCCC#CC1(SC2(C#CCCCC)C=CC=CC2)C=CC=CC1. The summed E-state index contributed by atoms with van der Waals surface area (Å²) in [7, 11) is 0. The van der Waals surface area contributed by atoms with E-state index in [4.69, 9.17) is 0 Å². The highest BCUT2D eigenvalue weighted by Crippen LogP contribution is 2.45. The molecular weight excluding hydrogens is 320 g/mol. The highest BCUT2D eigenvalue weighted by molar-refractivity contribution is 8.02. The van der Waals surface area contributed by atoms with Crippen molar-refractivity contribution >= 4 is 11.8 Å². The van der Waals surface area contributed by atoms with Crippen LogP contribution in [0.2, 0.25) is 0 Å². The first-order valence-electron chi connectivity index (χ1n) is 9.63. The van der Waals surface area contributed by atoms with Gasteiger partial charge < -0.3 is 0 Å². The molecule has 1 heteroatoms. The van der Waals surface area contributed by atoms with Gasteiger partial charge in [-0.05, 0) is 25.7 Å². The molecule has 0 radical (unpaired) electrons. The molecule has 2 rings (SSSR count). The lowest BCUT2D eigenvalue weighted by Crippen LogP contribution is -2.31. The molecule has 2 atom stereocenters. The highest BCUT2D eigenvalue weighted by Gasteiger charge is 2.37. The topological polar surface area (TPSA) is 0 Å². The second-order valence-corrected chi connectivity index (χ2v) is 8.34. The first kappa shape index (κ1) is 19.8. The average molecular weight is 351 g/mol. The van der Waals surface area contributed by atoms with Crippen molar-refractivity contribution in [3.05, 3.63) is 48.6 Å². The summed E-state index contributed by atoms with van der Waals surface area (Å²) in [5, 5.41) is 0. The van der Waals surface area contributed by atoms with E-state index in [1.807, 2.05) is 11.8 Å². The smallest absolute Gasteiger partial charge is 0.100 e. The number of thioether (sulfide) groups is 1. The van der Waals surface area contributed by atoms with Crippen molar-refractivity contribution < 1.29 is 0 Å². The predicted octanol–water partition coefficient (Wildman–Crippen LogP) is 6.62. The second kappa shape index (κ2) is 10.4. The van der Waals surface area contributed by atoms with Crippen LogP contribution in [0.3, 0.4) is 0 Å². The van der Waals surface area contributed by atoms with Gasteiger partial charge in [-0.2, -0.15) is 0 Å². The predicted molar refractivity (Wildman–Crippen MR) is 113 cm³/mol. The Hall–Kier alpha value is -1.57. The molecule has 0 bridgehead atoms. The van der Waals surface area contributed by atoms with Crippen molar-refractivity contribution in [3.8, 4) is 23.7 Å². The molecule has 0 saturated heterocycles. The molecule has 132 valence electrons. The van der Waals surface area contributed by atoms with E-state index in [0.717, 1.165) is 25.7 Å². The zero-order valence-electron chi connectivity index (χ0n) is 15.7.